The molecule has 0 fully saturated rings. The monoisotopic (exact) mass is 286 g/mol. The summed E-state index contributed by atoms with van der Waals surface area (Å²) in [7, 11) is 0. The van der Waals surface area contributed by atoms with Gasteiger partial charge in [-0.25, -0.2) is 0 Å². The topological polar surface area (TPSA) is 9.23 Å². The van der Waals surface area contributed by atoms with Gasteiger partial charge in [-0.05, 0) is 35.3 Å². The number of halogens is 2. The molecule has 15 heavy (non-hydrogen) atoms. The van der Waals surface area contributed by atoms with E-state index in [1.807, 2.05) is 12.1 Å². The summed E-state index contributed by atoms with van der Waals surface area (Å²) in [5, 5.41) is 1.70. The van der Waals surface area contributed by atoms with Gasteiger partial charge in [-0.3, -0.25) is 0 Å². The Morgan fingerprint density at radius 3 is 2.47 bits per heavy atom. The molecule has 1 aromatic carbocycles. The zero-order valence-electron chi connectivity index (χ0n) is 8.30. The number of hydrogen-bond acceptors (Lipinski definition) is 1. The summed E-state index contributed by atoms with van der Waals surface area (Å²) in [6, 6.07) is 8.00. The minimum Gasteiger partial charge on any atom is -0.373 e. The predicted molar refractivity (Wildman–Crippen MR) is 66.8 cm³/mol. The van der Waals surface area contributed by atoms with E-state index in [0.717, 1.165) is 30.0 Å². The minimum atomic E-state index is 0.767. The van der Waals surface area contributed by atoms with Crippen LogP contribution in [0.15, 0.2) is 35.4 Å². The van der Waals surface area contributed by atoms with Crippen molar-refractivity contribution in [1.29, 1.82) is 0 Å². The van der Waals surface area contributed by atoms with Crippen LogP contribution in [0.5, 0.6) is 0 Å². The summed E-state index contributed by atoms with van der Waals surface area (Å²) in [6.45, 7) is 1.54. The van der Waals surface area contributed by atoms with Crippen molar-refractivity contribution in [3.05, 3.63) is 46.0 Å². The van der Waals surface area contributed by atoms with Crippen LogP contribution in [0.4, 0.5) is 0 Å². The first kappa shape index (κ1) is 11.2. The van der Waals surface area contributed by atoms with E-state index in [0.29, 0.717) is 0 Å². The first-order chi connectivity index (χ1) is 7.29. The number of ether oxygens (including phenoxy) is 1. The Morgan fingerprint density at radius 1 is 1.13 bits per heavy atom. The van der Waals surface area contributed by atoms with Crippen LogP contribution in [0.1, 0.15) is 5.56 Å². The van der Waals surface area contributed by atoms with E-state index < -0.39 is 0 Å². The molecule has 0 aromatic heterocycles. The molecule has 1 aliphatic rings. The molecule has 2 rings (SSSR count). The molecule has 1 heterocycles. The highest BCUT2D eigenvalue weighted by Crippen LogP contribution is 2.21. The Balaban J connectivity index is 2.11. The maximum Gasteiger partial charge on any atom is 0.0692 e. The highest BCUT2D eigenvalue weighted by Gasteiger charge is 2.13. The lowest BCUT2D eigenvalue weighted by atomic mass is 10.0. The molecule has 0 saturated heterocycles. The average molecular weight is 288 g/mol. The van der Waals surface area contributed by atoms with Crippen LogP contribution in [0.25, 0.3) is 0 Å². The number of hydrogen-bond donors (Lipinski definition) is 0. The van der Waals surface area contributed by atoms with Crippen molar-refractivity contribution in [3.8, 4) is 0 Å². The molecule has 0 unspecified atom stereocenters. The normalized spacial score (nSPS) is 16.1. The summed E-state index contributed by atoms with van der Waals surface area (Å²) < 4.78 is 5.43. The van der Waals surface area contributed by atoms with E-state index in [1.54, 1.807) is 0 Å². The molecule has 1 nitrogen and oxygen atoms in total. The van der Waals surface area contributed by atoms with E-state index in [1.165, 1.54) is 16.7 Å². The summed E-state index contributed by atoms with van der Waals surface area (Å²) >= 11 is 9.32. The van der Waals surface area contributed by atoms with Gasteiger partial charge in [0.05, 0.1) is 13.2 Å². The van der Waals surface area contributed by atoms with Gasteiger partial charge < -0.3 is 4.74 Å². The molecule has 0 amide bonds. The smallest absolute Gasteiger partial charge is 0.0692 e. The van der Waals surface area contributed by atoms with Gasteiger partial charge in [0.25, 0.3) is 0 Å². The third-order valence-electron chi connectivity index (χ3n) is 2.54. The lowest BCUT2D eigenvalue weighted by Gasteiger charge is -2.03. The first-order valence-electron chi connectivity index (χ1n) is 4.87. The van der Waals surface area contributed by atoms with Gasteiger partial charge >= 0.3 is 0 Å². The van der Waals surface area contributed by atoms with E-state index in [2.05, 4.69) is 28.1 Å². The Hall–Kier alpha value is -0.310. The lowest BCUT2D eigenvalue weighted by molar-refractivity contribution is 0.204. The highest BCUT2D eigenvalue weighted by molar-refractivity contribution is 9.09. The Bertz CT molecular complexity index is 370. The van der Waals surface area contributed by atoms with Crippen LogP contribution in [0.3, 0.4) is 0 Å². The van der Waals surface area contributed by atoms with Crippen LogP contribution < -0.4 is 0 Å². The fourth-order valence-electron chi connectivity index (χ4n) is 1.66. The molecule has 0 spiro atoms. The average Bonchev–Trinajstić information content (AvgIpc) is 2.69. The molecule has 1 aromatic rings. The molecular weight excluding hydrogens is 275 g/mol. The second kappa shape index (κ2) is 5.15. The maximum absolute atomic E-state index is 5.84. The fourth-order valence-corrected chi connectivity index (χ4v) is 2.34. The number of rotatable bonds is 3. The standard InChI is InChI=1S/C12H12BrClO/c13-6-11-8-15-7-10(11)5-9-1-3-12(14)4-2-9/h1-4H,5-8H2. The second-order valence-electron chi connectivity index (χ2n) is 3.64. The van der Waals surface area contributed by atoms with Gasteiger partial charge in [0.15, 0.2) is 0 Å². The van der Waals surface area contributed by atoms with E-state index in [-0.39, 0.29) is 0 Å². The lowest BCUT2D eigenvalue weighted by Crippen LogP contribution is -1.95. The van der Waals surface area contributed by atoms with Gasteiger partial charge in [-0.2, -0.15) is 0 Å². The van der Waals surface area contributed by atoms with Crippen molar-refractivity contribution in [2.45, 2.75) is 6.42 Å². The van der Waals surface area contributed by atoms with E-state index in [4.69, 9.17) is 16.3 Å². The van der Waals surface area contributed by atoms with Crippen LogP contribution in [0, 0.1) is 0 Å². The number of benzene rings is 1. The first-order valence-corrected chi connectivity index (χ1v) is 6.37. The minimum absolute atomic E-state index is 0.767. The largest absolute Gasteiger partial charge is 0.373 e. The molecular formula is C12H12BrClO. The van der Waals surface area contributed by atoms with Gasteiger partial charge in [0.2, 0.25) is 0 Å². The van der Waals surface area contributed by atoms with Crippen molar-refractivity contribution >= 4 is 27.5 Å². The zero-order valence-corrected chi connectivity index (χ0v) is 10.6. The molecule has 1 aliphatic heterocycles. The van der Waals surface area contributed by atoms with Crippen LogP contribution in [0.2, 0.25) is 5.02 Å². The van der Waals surface area contributed by atoms with E-state index in [9.17, 15) is 0 Å². The van der Waals surface area contributed by atoms with Crippen LogP contribution in [-0.4, -0.2) is 18.5 Å². The molecule has 3 heteroatoms. The summed E-state index contributed by atoms with van der Waals surface area (Å²) in [6.07, 6.45) is 0.970. The van der Waals surface area contributed by atoms with Crippen molar-refractivity contribution in [1.82, 2.24) is 0 Å². The van der Waals surface area contributed by atoms with Gasteiger partial charge in [-0.1, -0.05) is 39.7 Å². The van der Waals surface area contributed by atoms with Crippen LogP contribution >= 0.6 is 27.5 Å². The third-order valence-corrected chi connectivity index (χ3v) is 3.47. The van der Waals surface area contributed by atoms with Gasteiger partial charge in [0, 0.05) is 10.4 Å². The van der Waals surface area contributed by atoms with Crippen molar-refractivity contribution in [3.63, 3.8) is 0 Å². The van der Waals surface area contributed by atoms with Gasteiger partial charge in [0.1, 0.15) is 0 Å². The molecule has 0 aliphatic carbocycles. The molecule has 0 saturated carbocycles. The summed E-state index contributed by atoms with van der Waals surface area (Å²) in [4.78, 5) is 0. The van der Waals surface area contributed by atoms with Gasteiger partial charge in [-0.15, -0.1) is 0 Å². The Kier molecular flexibility index (Phi) is 3.84. The Morgan fingerprint density at radius 2 is 1.80 bits per heavy atom. The van der Waals surface area contributed by atoms with Crippen LogP contribution in [-0.2, 0) is 11.2 Å². The van der Waals surface area contributed by atoms with Crippen molar-refractivity contribution in [2.24, 2.45) is 0 Å². The quantitative estimate of drug-likeness (QED) is 0.610. The SMILES string of the molecule is Clc1ccc(CC2=C(CBr)COC2)cc1. The zero-order chi connectivity index (χ0) is 10.7. The third kappa shape index (κ3) is 2.83. The number of alkyl halides is 1. The molecule has 0 radical (unpaired) electrons. The molecule has 80 valence electrons. The Labute approximate surface area is 103 Å². The summed E-state index contributed by atoms with van der Waals surface area (Å²) in [5.41, 5.74) is 4.07. The molecule has 0 atom stereocenters. The summed E-state index contributed by atoms with van der Waals surface area (Å²) in [5.74, 6) is 0. The van der Waals surface area contributed by atoms with E-state index >= 15 is 0 Å². The highest BCUT2D eigenvalue weighted by atomic mass is 79.9. The fraction of sp³-hybridized carbons (Fsp3) is 0.333. The molecule has 0 bridgehead atoms. The van der Waals surface area contributed by atoms with Crippen molar-refractivity contribution < 1.29 is 4.74 Å². The predicted octanol–water partition coefficient (Wildman–Crippen LogP) is 3.60. The molecule has 0 N–H and O–H groups in total. The maximum atomic E-state index is 5.84. The van der Waals surface area contributed by atoms with Crippen molar-refractivity contribution in [2.75, 3.05) is 18.5 Å². The second-order valence-corrected chi connectivity index (χ2v) is 4.63.